The van der Waals surface area contributed by atoms with Crippen LogP contribution in [0.15, 0.2) is 0 Å². The van der Waals surface area contributed by atoms with Crippen molar-refractivity contribution in [3.63, 3.8) is 0 Å². The van der Waals surface area contributed by atoms with Crippen molar-refractivity contribution in [2.75, 3.05) is 39.6 Å². The number of carbonyl (C=O) groups excluding carboxylic acids is 4. The molecule has 0 heterocycles. The largest absolute Gasteiger partial charge is 0.472 e. The summed E-state index contributed by atoms with van der Waals surface area (Å²) >= 11 is 0. The standard InChI is InChI=1S/C91H178O17P2/c1-7-10-12-14-16-18-20-22-24-25-26-27-28-29-34-38-42-46-50-58-64-70-76-90(95)107-86(79-101-88(93)73-67-61-55-48-44-40-37-33-31-30-32-36-39-43-47-53-59-65-71-83(4)5)81-105-109(97,98)103-77-85(92)78-104-110(99,100)106-82-87(80-102-89(94)74-68-62-56-52-51-54-60-66-72-84(6)9-3)108-91(96)75-69-63-57-49-45-41-35-23-21-19-17-15-13-11-8-2/h83-87,92H,7-82H2,1-6H3,(H,97,98)(H,99,100)/t84?,85-,86-,87-/m1/s1. The quantitative estimate of drug-likeness (QED) is 0.0222. The molecule has 17 nitrogen and oxygen atoms in total. The van der Waals surface area contributed by atoms with Crippen LogP contribution >= 0.6 is 15.6 Å². The average molecular weight is 1610 g/mol. The van der Waals surface area contributed by atoms with E-state index in [1.807, 2.05) is 0 Å². The van der Waals surface area contributed by atoms with Gasteiger partial charge in [-0.15, -0.1) is 0 Å². The number of unbranched alkanes of at least 4 members (excludes halogenated alkanes) is 59. The van der Waals surface area contributed by atoms with Gasteiger partial charge in [-0.25, -0.2) is 9.13 Å². The van der Waals surface area contributed by atoms with Gasteiger partial charge in [-0.1, -0.05) is 440 Å². The topological polar surface area (TPSA) is 237 Å². The second kappa shape index (κ2) is 82.2. The smallest absolute Gasteiger partial charge is 0.462 e. The van der Waals surface area contributed by atoms with Gasteiger partial charge in [0.1, 0.15) is 19.3 Å². The Balaban J connectivity index is 5.23. The van der Waals surface area contributed by atoms with E-state index in [1.165, 1.54) is 308 Å². The van der Waals surface area contributed by atoms with Crippen LogP contribution in [0.1, 0.15) is 491 Å². The van der Waals surface area contributed by atoms with Crippen molar-refractivity contribution < 1.29 is 80.2 Å². The molecule has 0 aliphatic carbocycles. The summed E-state index contributed by atoms with van der Waals surface area (Å²) in [7, 11) is -9.94. The van der Waals surface area contributed by atoms with E-state index in [4.69, 9.17) is 37.0 Å². The first kappa shape index (κ1) is 108. The SMILES string of the molecule is CCCCCCCCCCCCCCCCCCCCCCCCC(=O)O[C@H](COC(=O)CCCCCCCCCCCCCCCCCCCCC(C)C)COP(=O)(O)OC[C@@H](O)COP(=O)(O)OC[C@@H](COC(=O)CCCCCCCCCCC(C)CC)OC(=O)CCCCCCCCCCCCCCCCC. The Kier molecular flexibility index (Phi) is 80.7. The third-order valence-corrected chi connectivity index (χ3v) is 23.7. The van der Waals surface area contributed by atoms with E-state index in [0.717, 1.165) is 102 Å². The van der Waals surface area contributed by atoms with Crippen molar-refractivity contribution in [2.24, 2.45) is 11.8 Å². The summed E-state index contributed by atoms with van der Waals surface area (Å²) < 4.78 is 69.1. The van der Waals surface area contributed by atoms with E-state index in [2.05, 4.69) is 41.5 Å². The predicted molar refractivity (Wildman–Crippen MR) is 455 cm³/mol. The highest BCUT2D eigenvalue weighted by atomic mass is 31.2. The van der Waals surface area contributed by atoms with E-state index in [9.17, 15) is 43.2 Å². The maximum Gasteiger partial charge on any atom is 0.472 e. The molecule has 3 unspecified atom stereocenters. The molecule has 0 rings (SSSR count). The minimum Gasteiger partial charge on any atom is -0.462 e. The molecule has 0 aromatic heterocycles. The van der Waals surface area contributed by atoms with Crippen LogP contribution in [0.2, 0.25) is 0 Å². The van der Waals surface area contributed by atoms with Gasteiger partial charge >= 0.3 is 39.5 Å². The monoisotopic (exact) mass is 1610 g/mol. The van der Waals surface area contributed by atoms with Crippen molar-refractivity contribution >= 4 is 39.5 Å². The Hall–Kier alpha value is -1.94. The number of hydrogen-bond donors (Lipinski definition) is 3. The summed E-state index contributed by atoms with van der Waals surface area (Å²) in [5.41, 5.74) is 0. The lowest BCUT2D eigenvalue weighted by atomic mass is 9.99. The zero-order valence-corrected chi connectivity index (χ0v) is 74.4. The number of rotatable bonds is 90. The molecule has 0 aromatic carbocycles. The van der Waals surface area contributed by atoms with Gasteiger partial charge in [0.15, 0.2) is 12.2 Å². The van der Waals surface area contributed by atoms with Crippen molar-refractivity contribution in [1.29, 1.82) is 0 Å². The summed E-state index contributed by atoms with van der Waals surface area (Å²) in [5, 5.41) is 10.7. The molecule has 0 radical (unpaired) electrons. The molecule has 0 fully saturated rings. The van der Waals surface area contributed by atoms with Gasteiger partial charge in [0, 0.05) is 25.7 Å². The first-order chi connectivity index (χ1) is 53.4. The number of aliphatic hydroxyl groups excluding tert-OH is 1. The molecule has 6 atom stereocenters. The Morgan fingerprint density at radius 2 is 0.464 bits per heavy atom. The van der Waals surface area contributed by atoms with Gasteiger partial charge in [-0.3, -0.25) is 37.3 Å². The highest BCUT2D eigenvalue weighted by Crippen LogP contribution is 2.45. The fourth-order valence-corrected chi connectivity index (χ4v) is 15.9. The van der Waals surface area contributed by atoms with E-state index in [0.29, 0.717) is 25.7 Å². The lowest BCUT2D eigenvalue weighted by Crippen LogP contribution is -2.30. The van der Waals surface area contributed by atoms with E-state index < -0.39 is 97.5 Å². The van der Waals surface area contributed by atoms with Crippen LogP contribution in [0.5, 0.6) is 0 Å². The molecular weight excluding hydrogens is 1430 g/mol. The normalized spacial score (nSPS) is 14.0. The fraction of sp³-hybridized carbons (Fsp3) is 0.956. The summed E-state index contributed by atoms with van der Waals surface area (Å²) in [6.45, 7) is 9.74. The van der Waals surface area contributed by atoms with E-state index in [-0.39, 0.29) is 25.7 Å². The van der Waals surface area contributed by atoms with Gasteiger partial charge in [0.05, 0.1) is 26.4 Å². The molecule has 0 saturated carbocycles. The number of ether oxygens (including phenoxy) is 4. The van der Waals surface area contributed by atoms with Crippen molar-refractivity contribution in [3.8, 4) is 0 Å². The maximum absolute atomic E-state index is 13.2. The van der Waals surface area contributed by atoms with Gasteiger partial charge in [0.25, 0.3) is 0 Å². The third kappa shape index (κ3) is 82.6. The predicted octanol–water partition coefficient (Wildman–Crippen LogP) is 28.2. The van der Waals surface area contributed by atoms with Crippen molar-refractivity contribution in [1.82, 2.24) is 0 Å². The Labute approximate surface area is 677 Å². The molecule has 0 saturated heterocycles. The lowest BCUT2D eigenvalue weighted by molar-refractivity contribution is -0.161. The van der Waals surface area contributed by atoms with Crippen LogP contribution in [0, 0.1) is 11.8 Å². The Morgan fingerprint density at radius 3 is 0.691 bits per heavy atom. The number of esters is 4. The number of aliphatic hydroxyl groups is 1. The molecule has 654 valence electrons. The van der Waals surface area contributed by atoms with E-state index in [1.54, 1.807) is 0 Å². The molecule has 0 aromatic rings. The van der Waals surface area contributed by atoms with E-state index >= 15 is 0 Å². The Morgan fingerprint density at radius 1 is 0.264 bits per heavy atom. The number of hydrogen-bond acceptors (Lipinski definition) is 15. The molecule has 110 heavy (non-hydrogen) atoms. The number of phosphoric ester groups is 2. The molecule has 0 aliphatic heterocycles. The van der Waals surface area contributed by atoms with Crippen LogP contribution in [0.3, 0.4) is 0 Å². The van der Waals surface area contributed by atoms with Gasteiger partial charge in [-0.05, 0) is 37.5 Å². The minimum absolute atomic E-state index is 0.108. The van der Waals surface area contributed by atoms with Crippen LogP contribution in [0.4, 0.5) is 0 Å². The molecule has 0 aliphatic rings. The Bertz CT molecular complexity index is 2100. The molecule has 0 bridgehead atoms. The zero-order chi connectivity index (χ0) is 80.6. The third-order valence-electron chi connectivity index (χ3n) is 21.8. The van der Waals surface area contributed by atoms with Crippen LogP contribution in [-0.2, 0) is 65.4 Å². The molecule has 3 N–H and O–H groups in total. The van der Waals surface area contributed by atoms with Crippen LogP contribution in [-0.4, -0.2) is 96.7 Å². The lowest BCUT2D eigenvalue weighted by Gasteiger charge is -2.21. The fourth-order valence-electron chi connectivity index (χ4n) is 14.3. The highest BCUT2D eigenvalue weighted by molar-refractivity contribution is 7.47. The van der Waals surface area contributed by atoms with Gasteiger partial charge in [0.2, 0.25) is 0 Å². The maximum atomic E-state index is 13.2. The van der Waals surface area contributed by atoms with Crippen molar-refractivity contribution in [3.05, 3.63) is 0 Å². The van der Waals surface area contributed by atoms with Gasteiger partial charge < -0.3 is 33.8 Å². The second-order valence-electron chi connectivity index (χ2n) is 33.4. The first-order valence-corrected chi connectivity index (χ1v) is 50.0. The van der Waals surface area contributed by atoms with Gasteiger partial charge in [-0.2, -0.15) is 0 Å². The summed E-state index contributed by atoms with van der Waals surface area (Å²) in [6, 6.07) is 0. The molecule has 19 heteroatoms. The number of phosphoric acid groups is 2. The molecule has 0 amide bonds. The zero-order valence-electron chi connectivity index (χ0n) is 72.6. The minimum atomic E-state index is -4.97. The second-order valence-corrected chi connectivity index (χ2v) is 36.3. The average Bonchev–Trinajstić information content (AvgIpc) is 0.899. The number of carbonyl (C=O) groups is 4. The summed E-state index contributed by atoms with van der Waals surface area (Å²) in [4.78, 5) is 73.4. The van der Waals surface area contributed by atoms with Crippen LogP contribution < -0.4 is 0 Å². The summed E-state index contributed by atoms with van der Waals surface area (Å²) in [5.74, 6) is -0.496. The highest BCUT2D eigenvalue weighted by Gasteiger charge is 2.31. The first-order valence-electron chi connectivity index (χ1n) is 47.0. The summed E-state index contributed by atoms with van der Waals surface area (Å²) in [6.07, 6.45) is 76.5. The molecule has 0 spiro atoms. The van der Waals surface area contributed by atoms with Crippen molar-refractivity contribution in [2.45, 2.75) is 509 Å². The van der Waals surface area contributed by atoms with Crippen LogP contribution in [0.25, 0.3) is 0 Å². The molecular formula is C91H178O17P2.